The van der Waals surface area contributed by atoms with Crippen LogP contribution in [-0.2, 0) is 0 Å². The number of rotatable bonds is 9. The van der Waals surface area contributed by atoms with Gasteiger partial charge in [0.15, 0.2) is 0 Å². The number of carbonyl (C=O) groups is 2. The predicted octanol–water partition coefficient (Wildman–Crippen LogP) is 5.36. The lowest BCUT2D eigenvalue weighted by Crippen LogP contribution is -2.44. The summed E-state index contributed by atoms with van der Waals surface area (Å²) in [4.78, 5) is 29.4. The highest BCUT2D eigenvalue weighted by molar-refractivity contribution is 6.35. The van der Waals surface area contributed by atoms with E-state index in [-0.39, 0.29) is 18.1 Å². The molecule has 1 unspecified atom stereocenters. The SMILES string of the molecule is CCNC(=O)N[C@@H]1CCN(CCN(C(=O)Nc2cc(Cl)cc(Cl)c2)c2ccc(C3=CC=CC(NC)C3)cc2)C1. The average Bonchev–Trinajstić information content (AvgIpc) is 3.35. The number of carbonyl (C=O) groups excluding carboxylic acids is 2. The Bertz CT molecular complexity index is 1200. The van der Waals surface area contributed by atoms with Gasteiger partial charge in [-0.05, 0) is 68.3 Å². The highest BCUT2D eigenvalue weighted by Crippen LogP contribution is 2.27. The number of anilines is 2. The molecule has 2 aromatic carbocycles. The average molecular weight is 572 g/mol. The minimum absolute atomic E-state index is 0.0889. The van der Waals surface area contributed by atoms with E-state index in [2.05, 4.69) is 56.5 Å². The first-order chi connectivity index (χ1) is 18.8. The molecule has 0 aromatic heterocycles. The molecular formula is C29H36Cl2N6O2. The predicted molar refractivity (Wildman–Crippen MR) is 161 cm³/mol. The molecule has 8 nitrogen and oxygen atoms in total. The van der Waals surface area contributed by atoms with Crippen molar-refractivity contribution in [3.63, 3.8) is 0 Å². The smallest absolute Gasteiger partial charge is 0.326 e. The summed E-state index contributed by atoms with van der Waals surface area (Å²) >= 11 is 12.3. The normalized spacial score (nSPS) is 18.9. The molecule has 0 radical (unpaired) electrons. The number of hydrogen-bond donors (Lipinski definition) is 4. The maximum Gasteiger partial charge on any atom is 0.326 e. The van der Waals surface area contributed by atoms with Crippen molar-refractivity contribution in [2.75, 3.05) is 50.0 Å². The lowest BCUT2D eigenvalue weighted by atomic mass is 9.94. The van der Waals surface area contributed by atoms with E-state index in [4.69, 9.17) is 23.2 Å². The van der Waals surface area contributed by atoms with Gasteiger partial charge in [0.2, 0.25) is 0 Å². The molecule has 1 saturated heterocycles. The van der Waals surface area contributed by atoms with Gasteiger partial charge in [-0.15, -0.1) is 0 Å². The van der Waals surface area contributed by atoms with Crippen LogP contribution in [-0.4, -0.2) is 68.8 Å². The van der Waals surface area contributed by atoms with E-state index >= 15 is 0 Å². The number of likely N-dealkylation sites (N-methyl/N-ethyl adjacent to an activating group) is 1. The van der Waals surface area contributed by atoms with Crippen LogP contribution < -0.4 is 26.2 Å². The highest BCUT2D eigenvalue weighted by atomic mass is 35.5. The number of urea groups is 2. The highest BCUT2D eigenvalue weighted by Gasteiger charge is 2.25. The second-order valence-electron chi connectivity index (χ2n) is 9.75. The quantitative estimate of drug-likeness (QED) is 0.327. The fourth-order valence-corrected chi connectivity index (χ4v) is 5.43. The van der Waals surface area contributed by atoms with Gasteiger partial charge in [0.25, 0.3) is 0 Å². The molecule has 1 aliphatic carbocycles. The summed E-state index contributed by atoms with van der Waals surface area (Å²) in [6.07, 6.45) is 8.14. The van der Waals surface area contributed by atoms with Crippen LogP contribution in [0.2, 0.25) is 10.0 Å². The number of nitrogens with one attached hydrogen (secondary N) is 4. The standard InChI is InChI=1S/C29H36Cl2N6O2/c1-3-33-28(38)34-25-11-12-36(19-25)13-14-37(29(39)35-26-17-22(30)16-23(31)18-26)27-9-7-20(8-10-27)21-5-4-6-24(15-21)32-2/h4-10,16-18,24-25,32H,3,11-15,19H2,1-2H3,(H,35,39)(H2,33,34,38)/t24?,25-/m1/s1. The van der Waals surface area contributed by atoms with Crippen LogP contribution in [0, 0.1) is 0 Å². The van der Waals surface area contributed by atoms with E-state index in [9.17, 15) is 9.59 Å². The first-order valence-electron chi connectivity index (χ1n) is 13.3. The number of allylic oxidation sites excluding steroid dienone is 2. The van der Waals surface area contributed by atoms with E-state index in [1.165, 1.54) is 5.57 Å². The summed E-state index contributed by atoms with van der Waals surface area (Å²) in [7, 11) is 1.96. The number of halogens is 2. The third-order valence-electron chi connectivity index (χ3n) is 6.94. The summed E-state index contributed by atoms with van der Waals surface area (Å²) in [6, 6.07) is 13.0. The zero-order chi connectivity index (χ0) is 27.8. The molecule has 4 N–H and O–H groups in total. The third kappa shape index (κ3) is 8.22. The van der Waals surface area contributed by atoms with Crippen molar-refractivity contribution in [3.05, 3.63) is 76.3 Å². The number of nitrogens with zero attached hydrogens (tertiary/aromatic N) is 2. The Morgan fingerprint density at radius 3 is 2.54 bits per heavy atom. The minimum Gasteiger partial charge on any atom is -0.338 e. The Hall–Kier alpha value is -3.04. The van der Waals surface area contributed by atoms with Gasteiger partial charge >= 0.3 is 12.1 Å². The van der Waals surface area contributed by atoms with Gasteiger partial charge in [-0.25, -0.2) is 9.59 Å². The monoisotopic (exact) mass is 570 g/mol. The summed E-state index contributed by atoms with van der Waals surface area (Å²) in [5.41, 5.74) is 3.70. The van der Waals surface area contributed by atoms with E-state index in [1.807, 2.05) is 26.1 Å². The molecule has 0 bridgehead atoms. The van der Waals surface area contributed by atoms with Gasteiger partial charge in [-0.1, -0.05) is 53.6 Å². The van der Waals surface area contributed by atoms with Crippen LogP contribution in [0.4, 0.5) is 21.0 Å². The van der Waals surface area contributed by atoms with E-state index in [0.29, 0.717) is 41.4 Å². The lowest BCUT2D eigenvalue weighted by molar-refractivity contribution is 0.237. The molecule has 2 aliphatic rings. The Morgan fingerprint density at radius 2 is 1.85 bits per heavy atom. The van der Waals surface area contributed by atoms with Gasteiger partial charge in [-0.2, -0.15) is 0 Å². The Balaban J connectivity index is 1.47. The molecular weight excluding hydrogens is 535 g/mol. The number of amides is 4. The maximum atomic E-state index is 13.5. The van der Waals surface area contributed by atoms with Crippen LogP contribution in [0.5, 0.6) is 0 Å². The fourth-order valence-electron chi connectivity index (χ4n) is 4.90. The van der Waals surface area contributed by atoms with Gasteiger partial charge in [-0.3, -0.25) is 9.80 Å². The molecule has 1 heterocycles. The first kappa shape index (κ1) is 29.0. The number of benzene rings is 2. The summed E-state index contributed by atoms with van der Waals surface area (Å²) in [6.45, 7) is 5.21. The molecule has 1 fully saturated rings. The van der Waals surface area contributed by atoms with Gasteiger partial charge in [0.05, 0.1) is 0 Å². The second kappa shape index (κ2) is 13.8. The molecule has 4 amide bonds. The third-order valence-corrected chi connectivity index (χ3v) is 7.38. The Morgan fingerprint density at radius 1 is 1.10 bits per heavy atom. The van der Waals surface area contributed by atoms with E-state index < -0.39 is 0 Å². The Labute approximate surface area is 240 Å². The zero-order valence-electron chi connectivity index (χ0n) is 22.3. The van der Waals surface area contributed by atoms with Gasteiger partial charge in [0.1, 0.15) is 0 Å². The molecule has 39 heavy (non-hydrogen) atoms. The molecule has 0 saturated carbocycles. The van der Waals surface area contributed by atoms with Crippen molar-refractivity contribution in [1.29, 1.82) is 0 Å². The van der Waals surface area contributed by atoms with Crippen LogP contribution in [0.15, 0.2) is 60.7 Å². The minimum atomic E-state index is -0.271. The molecule has 4 rings (SSSR count). The molecule has 2 atom stereocenters. The molecule has 2 aromatic rings. The van der Waals surface area contributed by atoms with Crippen LogP contribution in [0.1, 0.15) is 25.3 Å². The molecule has 208 valence electrons. The summed E-state index contributed by atoms with van der Waals surface area (Å²) in [5.74, 6) is 0. The fraction of sp³-hybridized carbons (Fsp3) is 0.379. The largest absolute Gasteiger partial charge is 0.338 e. The van der Waals surface area contributed by atoms with E-state index in [1.54, 1.807) is 23.1 Å². The zero-order valence-corrected chi connectivity index (χ0v) is 23.9. The Kier molecular flexibility index (Phi) is 10.3. The topological polar surface area (TPSA) is 88.7 Å². The van der Waals surface area contributed by atoms with Crippen molar-refractivity contribution >= 4 is 52.2 Å². The molecule has 0 spiro atoms. The summed E-state index contributed by atoms with van der Waals surface area (Å²) < 4.78 is 0. The second-order valence-corrected chi connectivity index (χ2v) is 10.6. The number of likely N-dealkylation sites (tertiary alicyclic amines) is 1. The van der Waals surface area contributed by atoms with Crippen molar-refractivity contribution in [2.24, 2.45) is 0 Å². The van der Waals surface area contributed by atoms with Crippen molar-refractivity contribution < 1.29 is 9.59 Å². The van der Waals surface area contributed by atoms with E-state index in [0.717, 1.165) is 37.2 Å². The molecule has 1 aliphatic heterocycles. The maximum absolute atomic E-state index is 13.5. The van der Waals surface area contributed by atoms with Crippen LogP contribution >= 0.6 is 23.2 Å². The van der Waals surface area contributed by atoms with Crippen LogP contribution in [0.25, 0.3) is 5.57 Å². The van der Waals surface area contributed by atoms with Crippen LogP contribution in [0.3, 0.4) is 0 Å². The first-order valence-corrected chi connectivity index (χ1v) is 14.1. The van der Waals surface area contributed by atoms with Crippen molar-refractivity contribution in [2.45, 2.75) is 31.8 Å². The lowest BCUT2D eigenvalue weighted by Gasteiger charge is -2.27. The summed E-state index contributed by atoms with van der Waals surface area (Å²) in [5, 5.41) is 12.9. The molecule has 10 heteroatoms. The number of hydrogen-bond acceptors (Lipinski definition) is 4. The van der Waals surface area contributed by atoms with Crippen molar-refractivity contribution in [3.8, 4) is 0 Å². The van der Waals surface area contributed by atoms with Gasteiger partial charge < -0.3 is 21.3 Å². The van der Waals surface area contributed by atoms with Crippen molar-refractivity contribution in [1.82, 2.24) is 20.9 Å². The van der Waals surface area contributed by atoms with Gasteiger partial charge in [0, 0.05) is 66.2 Å².